The Morgan fingerprint density at radius 2 is 1.79 bits per heavy atom. The van der Waals surface area contributed by atoms with Crippen molar-refractivity contribution in [3.63, 3.8) is 0 Å². The third kappa shape index (κ3) is 4.73. The third-order valence-corrected chi connectivity index (χ3v) is 3.30. The lowest BCUT2D eigenvalue weighted by molar-refractivity contribution is -0.141. The van der Waals surface area contributed by atoms with Crippen LogP contribution in [0.2, 0.25) is 0 Å². The van der Waals surface area contributed by atoms with Gasteiger partial charge in [0, 0.05) is 11.9 Å². The van der Waals surface area contributed by atoms with Crippen LogP contribution in [0.25, 0.3) is 5.69 Å². The largest absolute Gasteiger partial charge is 0.444 e. The summed E-state index contributed by atoms with van der Waals surface area (Å²) in [5.41, 5.74) is -0.756. The minimum absolute atomic E-state index is 0.147. The van der Waals surface area contributed by atoms with E-state index < -0.39 is 23.6 Å². The third-order valence-electron chi connectivity index (χ3n) is 2.72. The number of amides is 1. The van der Waals surface area contributed by atoms with Crippen LogP contribution in [0, 0.1) is 0 Å². The van der Waals surface area contributed by atoms with E-state index in [0.29, 0.717) is 11.4 Å². The fourth-order valence-corrected chi connectivity index (χ4v) is 2.29. The lowest BCUT2D eigenvalue weighted by Gasteiger charge is -2.19. The van der Waals surface area contributed by atoms with Crippen molar-refractivity contribution in [2.24, 2.45) is 0 Å². The lowest BCUT2D eigenvalue weighted by Crippen LogP contribution is -2.27. The van der Waals surface area contributed by atoms with Gasteiger partial charge in [-0.2, -0.15) is 18.3 Å². The Balaban J connectivity index is 2.14. The van der Waals surface area contributed by atoms with Crippen molar-refractivity contribution in [3.8, 4) is 5.69 Å². The van der Waals surface area contributed by atoms with Gasteiger partial charge in [0.2, 0.25) is 0 Å². The molecule has 130 valence electrons. The van der Waals surface area contributed by atoms with Gasteiger partial charge in [0.15, 0.2) is 5.69 Å². The molecule has 1 heterocycles. The van der Waals surface area contributed by atoms with E-state index in [1.807, 2.05) is 0 Å². The molecule has 5 nitrogen and oxygen atoms in total. The lowest BCUT2D eigenvalue weighted by atomic mass is 10.2. The molecule has 24 heavy (non-hydrogen) atoms. The van der Waals surface area contributed by atoms with E-state index in [-0.39, 0.29) is 4.47 Å². The summed E-state index contributed by atoms with van der Waals surface area (Å²) in [7, 11) is 0. The van der Waals surface area contributed by atoms with Crippen LogP contribution in [0.15, 0.2) is 34.9 Å². The van der Waals surface area contributed by atoms with Crippen molar-refractivity contribution in [1.82, 2.24) is 9.78 Å². The molecule has 1 aromatic heterocycles. The van der Waals surface area contributed by atoms with E-state index in [1.165, 1.54) is 18.3 Å². The first kappa shape index (κ1) is 18.3. The average molecular weight is 406 g/mol. The van der Waals surface area contributed by atoms with E-state index >= 15 is 0 Å². The van der Waals surface area contributed by atoms with Crippen molar-refractivity contribution in [1.29, 1.82) is 0 Å². The second kappa shape index (κ2) is 6.46. The number of anilines is 1. The predicted octanol–water partition coefficient (Wildman–Crippen LogP) is 5.00. The highest BCUT2D eigenvalue weighted by molar-refractivity contribution is 9.10. The normalized spacial score (nSPS) is 12.1. The maximum atomic E-state index is 12.8. The van der Waals surface area contributed by atoms with Crippen molar-refractivity contribution in [2.75, 3.05) is 5.32 Å². The van der Waals surface area contributed by atoms with E-state index in [9.17, 15) is 18.0 Å². The molecule has 0 fully saturated rings. The summed E-state index contributed by atoms with van der Waals surface area (Å²) in [6.07, 6.45) is -3.93. The Morgan fingerprint density at radius 3 is 2.25 bits per heavy atom. The summed E-state index contributed by atoms with van der Waals surface area (Å²) in [4.78, 5) is 11.7. The summed E-state index contributed by atoms with van der Waals surface area (Å²) >= 11 is 2.85. The van der Waals surface area contributed by atoms with Gasteiger partial charge in [0.25, 0.3) is 0 Å². The standard InChI is InChI=1S/C15H15BrF3N3O2/c1-14(2,3)24-13(23)20-9-4-6-10(7-5-9)22-8-11(16)12(21-22)15(17,18)19/h4-8H,1-3H3,(H,20,23). The summed E-state index contributed by atoms with van der Waals surface area (Å²) in [6, 6.07) is 6.16. The molecule has 0 saturated heterocycles. The quantitative estimate of drug-likeness (QED) is 0.764. The van der Waals surface area contributed by atoms with Gasteiger partial charge >= 0.3 is 12.3 Å². The van der Waals surface area contributed by atoms with Gasteiger partial charge in [-0.25, -0.2) is 9.48 Å². The smallest absolute Gasteiger partial charge is 0.436 e. The molecule has 1 N–H and O–H groups in total. The zero-order valence-corrected chi connectivity index (χ0v) is 14.7. The van der Waals surface area contributed by atoms with Gasteiger partial charge in [-0.15, -0.1) is 0 Å². The molecule has 1 amide bonds. The first-order valence-electron chi connectivity index (χ1n) is 6.88. The van der Waals surface area contributed by atoms with Gasteiger partial charge in [0.1, 0.15) is 5.60 Å². The number of nitrogens with one attached hydrogen (secondary N) is 1. The van der Waals surface area contributed by atoms with Crippen molar-refractivity contribution < 1.29 is 22.7 Å². The van der Waals surface area contributed by atoms with Gasteiger partial charge in [-0.1, -0.05) is 0 Å². The molecule has 0 saturated carbocycles. The average Bonchev–Trinajstić information content (AvgIpc) is 2.79. The first-order valence-corrected chi connectivity index (χ1v) is 7.68. The number of aromatic nitrogens is 2. The number of halogens is 4. The number of carbonyl (C=O) groups is 1. The molecular weight excluding hydrogens is 391 g/mol. The number of rotatable bonds is 2. The van der Waals surface area contributed by atoms with Gasteiger partial charge < -0.3 is 4.74 Å². The highest BCUT2D eigenvalue weighted by atomic mass is 79.9. The molecule has 0 spiro atoms. The summed E-state index contributed by atoms with van der Waals surface area (Å²) in [6.45, 7) is 5.22. The molecular formula is C15H15BrF3N3O2. The number of hydrogen-bond acceptors (Lipinski definition) is 3. The number of alkyl halides is 3. The maximum Gasteiger partial charge on any atom is 0.436 e. The van der Waals surface area contributed by atoms with E-state index in [2.05, 4.69) is 26.3 Å². The Hall–Kier alpha value is -2.03. The zero-order chi connectivity index (χ0) is 18.1. The van der Waals surface area contributed by atoms with Crippen molar-refractivity contribution in [2.45, 2.75) is 32.5 Å². The topological polar surface area (TPSA) is 56.1 Å². The van der Waals surface area contributed by atoms with E-state index in [4.69, 9.17) is 4.74 Å². The highest BCUT2D eigenvalue weighted by Crippen LogP contribution is 2.34. The molecule has 0 aliphatic carbocycles. The highest BCUT2D eigenvalue weighted by Gasteiger charge is 2.36. The van der Waals surface area contributed by atoms with Crippen molar-refractivity contribution in [3.05, 3.63) is 40.6 Å². The van der Waals surface area contributed by atoms with Crippen LogP contribution in [-0.2, 0) is 10.9 Å². The second-order valence-corrected chi connectivity index (χ2v) is 6.80. The zero-order valence-electron chi connectivity index (χ0n) is 13.1. The molecule has 0 unspecified atom stereocenters. The monoisotopic (exact) mass is 405 g/mol. The fraction of sp³-hybridized carbons (Fsp3) is 0.333. The summed E-state index contributed by atoms with van der Waals surface area (Å²) < 4.78 is 44.3. The van der Waals surface area contributed by atoms with Crippen LogP contribution in [0.1, 0.15) is 26.5 Å². The molecule has 2 aromatic rings. The summed E-state index contributed by atoms with van der Waals surface area (Å²) in [5.74, 6) is 0. The summed E-state index contributed by atoms with van der Waals surface area (Å²) in [5, 5.41) is 6.06. The molecule has 0 aliphatic rings. The van der Waals surface area contributed by atoms with Crippen LogP contribution in [-0.4, -0.2) is 21.5 Å². The van der Waals surface area contributed by atoms with Crippen LogP contribution in [0.4, 0.5) is 23.7 Å². The molecule has 2 rings (SSSR count). The molecule has 1 aromatic carbocycles. The number of ether oxygens (including phenoxy) is 1. The minimum atomic E-state index is -4.54. The van der Waals surface area contributed by atoms with Crippen molar-refractivity contribution >= 4 is 27.7 Å². The number of carbonyl (C=O) groups excluding carboxylic acids is 1. The van der Waals surface area contributed by atoms with E-state index in [1.54, 1.807) is 32.9 Å². The Morgan fingerprint density at radius 1 is 1.21 bits per heavy atom. The van der Waals surface area contributed by atoms with Gasteiger partial charge in [0.05, 0.1) is 10.2 Å². The SMILES string of the molecule is CC(C)(C)OC(=O)Nc1ccc(-n2cc(Br)c(C(F)(F)F)n2)cc1. The predicted molar refractivity (Wildman–Crippen MR) is 86.1 cm³/mol. The molecule has 0 radical (unpaired) electrons. The Labute approximate surface area is 144 Å². The maximum absolute atomic E-state index is 12.8. The molecule has 0 aliphatic heterocycles. The number of hydrogen-bond donors (Lipinski definition) is 1. The Kier molecular flexibility index (Phi) is 4.93. The molecule has 0 bridgehead atoms. The second-order valence-electron chi connectivity index (χ2n) is 5.94. The molecule has 0 atom stereocenters. The van der Waals surface area contributed by atoms with Gasteiger partial charge in [-0.05, 0) is 61.0 Å². The fourth-order valence-electron chi connectivity index (χ4n) is 1.80. The molecule has 9 heteroatoms. The number of nitrogens with zero attached hydrogens (tertiary/aromatic N) is 2. The first-order chi connectivity index (χ1) is 11.0. The van der Waals surface area contributed by atoms with E-state index in [0.717, 1.165) is 4.68 Å². The van der Waals surface area contributed by atoms with Crippen LogP contribution in [0.5, 0.6) is 0 Å². The van der Waals surface area contributed by atoms with Crippen LogP contribution < -0.4 is 5.32 Å². The Bertz CT molecular complexity index is 734. The number of benzene rings is 1. The minimum Gasteiger partial charge on any atom is -0.444 e. The van der Waals surface area contributed by atoms with Crippen LogP contribution in [0.3, 0.4) is 0 Å². The van der Waals surface area contributed by atoms with Gasteiger partial charge in [-0.3, -0.25) is 5.32 Å². The van der Waals surface area contributed by atoms with Crippen LogP contribution >= 0.6 is 15.9 Å².